The van der Waals surface area contributed by atoms with Gasteiger partial charge in [-0.1, -0.05) is 18.2 Å². The third-order valence-corrected chi connectivity index (χ3v) is 4.97. The molecule has 0 spiro atoms. The van der Waals surface area contributed by atoms with Crippen molar-refractivity contribution < 1.29 is 9.47 Å². The normalized spacial score (nSPS) is 22.4. The Kier molecular flexibility index (Phi) is 4.85. The van der Waals surface area contributed by atoms with Gasteiger partial charge < -0.3 is 14.8 Å². The van der Waals surface area contributed by atoms with E-state index in [9.17, 15) is 0 Å². The highest BCUT2D eigenvalue weighted by Gasteiger charge is 2.30. The zero-order valence-electron chi connectivity index (χ0n) is 14.6. The van der Waals surface area contributed by atoms with Crippen LogP contribution >= 0.6 is 0 Å². The summed E-state index contributed by atoms with van der Waals surface area (Å²) in [6.07, 6.45) is 7.54. The molecule has 2 aliphatic heterocycles. The number of nitrogens with zero attached hydrogens (tertiary/aromatic N) is 2. The van der Waals surface area contributed by atoms with Gasteiger partial charge in [-0.15, -0.1) is 0 Å². The maximum Gasteiger partial charge on any atom is 0.127 e. The van der Waals surface area contributed by atoms with E-state index in [-0.39, 0.29) is 6.10 Å². The molecular weight excluding hydrogens is 314 g/mol. The number of benzene rings is 1. The maximum atomic E-state index is 5.97. The fraction of sp³-hybridized carbons (Fsp3) is 0.450. The smallest absolute Gasteiger partial charge is 0.127 e. The summed E-state index contributed by atoms with van der Waals surface area (Å²) in [5.41, 5.74) is 3.65. The third kappa shape index (κ3) is 3.62. The van der Waals surface area contributed by atoms with Gasteiger partial charge >= 0.3 is 0 Å². The van der Waals surface area contributed by atoms with Crippen LogP contribution in [0.3, 0.4) is 0 Å². The maximum absolute atomic E-state index is 5.97. The van der Waals surface area contributed by atoms with Crippen LogP contribution in [0.4, 0.5) is 0 Å². The molecule has 2 aromatic rings. The topological polar surface area (TPSA) is 48.3 Å². The highest BCUT2D eigenvalue weighted by molar-refractivity contribution is 5.62. The van der Waals surface area contributed by atoms with E-state index < -0.39 is 0 Å². The lowest BCUT2D eigenvalue weighted by Gasteiger charge is -2.21. The van der Waals surface area contributed by atoms with E-state index in [4.69, 9.17) is 9.47 Å². The van der Waals surface area contributed by atoms with Crippen LogP contribution in [-0.4, -0.2) is 36.1 Å². The number of hydrogen-bond acceptors (Lipinski definition) is 4. The Morgan fingerprint density at radius 1 is 1.32 bits per heavy atom. The lowest BCUT2D eigenvalue weighted by Crippen LogP contribution is -2.28. The molecular formula is C20H25N3O2. The zero-order valence-corrected chi connectivity index (χ0v) is 14.6. The van der Waals surface area contributed by atoms with Crippen molar-refractivity contribution in [2.24, 2.45) is 5.92 Å². The Bertz CT molecular complexity index is 753. The van der Waals surface area contributed by atoms with Crippen LogP contribution < -0.4 is 10.1 Å². The zero-order chi connectivity index (χ0) is 17.1. The monoisotopic (exact) mass is 339 g/mol. The number of aryl methyl sites for hydroxylation is 1. The van der Waals surface area contributed by atoms with Crippen molar-refractivity contribution >= 4 is 6.08 Å². The lowest BCUT2D eigenvalue weighted by molar-refractivity contribution is 0.0906. The van der Waals surface area contributed by atoms with E-state index in [1.165, 1.54) is 16.7 Å². The molecule has 2 aliphatic rings. The van der Waals surface area contributed by atoms with Crippen molar-refractivity contribution in [3.63, 3.8) is 0 Å². The molecule has 2 atom stereocenters. The van der Waals surface area contributed by atoms with Gasteiger partial charge in [0, 0.05) is 49.5 Å². The largest absolute Gasteiger partial charge is 0.489 e. The van der Waals surface area contributed by atoms with E-state index >= 15 is 0 Å². The van der Waals surface area contributed by atoms with E-state index in [0.29, 0.717) is 12.5 Å². The SMILES string of the molecule is CCn1cc(C2OCCC2CNCC2=Cc3ccccc3OC2)cn1. The van der Waals surface area contributed by atoms with Crippen molar-refractivity contribution in [1.82, 2.24) is 15.1 Å². The predicted octanol–water partition coefficient (Wildman–Crippen LogP) is 3.05. The summed E-state index contributed by atoms with van der Waals surface area (Å²) in [7, 11) is 0. The predicted molar refractivity (Wildman–Crippen MR) is 97.5 cm³/mol. The van der Waals surface area contributed by atoms with Gasteiger partial charge in [0.1, 0.15) is 12.4 Å². The second kappa shape index (κ2) is 7.42. The first kappa shape index (κ1) is 16.4. The molecule has 5 nitrogen and oxygen atoms in total. The molecule has 4 rings (SSSR count). The van der Waals surface area contributed by atoms with E-state index in [2.05, 4.69) is 35.7 Å². The van der Waals surface area contributed by atoms with Gasteiger partial charge in [-0.2, -0.15) is 5.10 Å². The quantitative estimate of drug-likeness (QED) is 0.879. The number of para-hydroxylation sites is 1. The Balaban J connectivity index is 1.33. The second-order valence-electron chi connectivity index (χ2n) is 6.73. The highest BCUT2D eigenvalue weighted by Crippen LogP contribution is 2.34. The van der Waals surface area contributed by atoms with Crippen LogP contribution in [0.15, 0.2) is 42.2 Å². The minimum absolute atomic E-state index is 0.158. The number of aromatic nitrogens is 2. The number of nitrogens with one attached hydrogen (secondary N) is 1. The summed E-state index contributed by atoms with van der Waals surface area (Å²) in [6, 6.07) is 8.18. The van der Waals surface area contributed by atoms with E-state index in [1.54, 1.807) is 0 Å². The molecule has 3 heterocycles. The van der Waals surface area contributed by atoms with Crippen LogP contribution in [0.1, 0.15) is 30.6 Å². The molecule has 0 radical (unpaired) electrons. The van der Waals surface area contributed by atoms with Crippen molar-refractivity contribution in [3.05, 3.63) is 53.4 Å². The van der Waals surface area contributed by atoms with Crippen LogP contribution in [0.5, 0.6) is 5.75 Å². The molecule has 1 aromatic heterocycles. The fourth-order valence-electron chi connectivity index (χ4n) is 3.59. The van der Waals surface area contributed by atoms with Gasteiger partial charge in [-0.3, -0.25) is 4.68 Å². The highest BCUT2D eigenvalue weighted by atomic mass is 16.5. The molecule has 1 fully saturated rings. The number of rotatable bonds is 6. The number of ether oxygens (including phenoxy) is 2. The third-order valence-electron chi connectivity index (χ3n) is 4.97. The summed E-state index contributed by atoms with van der Waals surface area (Å²) in [5.74, 6) is 1.47. The molecule has 0 aliphatic carbocycles. The van der Waals surface area contributed by atoms with Gasteiger partial charge in [-0.25, -0.2) is 0 Å². The molecule has 1 saturated heterocycles. The van der Waals surface area contributed by atoms with Crippen molar-refractivity contribution in [2.75, 3.05) is 26.3 Å². The Labute approximate surface area is 148 Å². The lowest BCUT2D eigenvalue weighted by atomic mass is 9.97. The van der Waals surface area contributed by atoms with Crippen LogP contribution in [0, 0.1) is 5.92 Å². The molecule has 0 saturated carbocycles. The Hall–Kier alpha value is -2.11. The molecule has 2 unspecified atom stereocenters. The molecule has 5 heteroatoms. The summed E-state index contributed by atoms with van der Waals surface area (Å²) in [4.78, 5) is 0. The summed E-state index contributed by atoms with van der Waals surface area (Å²) in [6.45, 7) is 6.28. The van der Waals surface area contributed by atoms with Gasteiger partial charge in [0.25, 0.3) is 0 Å². The van der Waals surface area contributed by atoms with E-state index in [0.717, 1.165) is 38.4 Å². The number of hydrogen-bond donors (Lipinski definition) is 1. The van der Waals surface area contributed by atoms with Crippen LogP contribution in [0.2, 0.25) is 0 Å². The van der Waals surface area contributed by atoms with E-state index in [1.807, 2.05) is 29.1 Å². The molecule has 0 bridgehead atoms. The van der Waals surface area contributed by atoms with Crippen molar-refractivity contribution in [3.8, 4) is 5.75 Å². The molecule has 1 aromatic carbocycles. The fourth-order valence-corrected chi connectivity index (χ4v) is 3.59. The van der Waals surface area contributed by atoms with Gasteiger partial charge in [-0.05, 0) is 31.1 Å². The summed E-state index contributed by atoms with van der Waals surface area (Å²) < 4.78 is 13.7. The first-order chi connectivity index (χ1) is 12.3. The summed E-state index contributed by atoms with van der Waals surface area (Å²) in [5, 5.41) is 7.97. The van der Waals surface area contributed by atoms with Gasteiger partial charge in [0.15, 0.2) is 0 Å². The molecule has 25 heavy (non-hydrogen) atoms. The Morgan fingerprint density at radius 3 is 3.12 bits per heavy atom. The average Bonchev–Trinajstić information content (AvgIpc) is 3.30. The van der Waals surface area contributed by atoms with Gasteiger partial charge in [0.05, 0.1) is 12.3 Å². The average molecular weight is 339 g/mol. The Morgan fingerprint density at radius 2 is 2.24 bits per heavy atom. The standard InChI is InChI=1S/C20H25N3O2/c1-2-23-13-18(12-22-23)20-17(7-8-24-20)11-21-10-15-9-16-5-3-4-6-19(16)25-14-15/h3-6,9,12-13,17,20-21H,2,7-8,10-11,14H2,1H3. The van der Waals surface area contributed by atoms with Crippen molar-refractivity contribution in [1.29, 1.82) is 0 Å². The molecule has 1 N–H and O–H groups in total. The minimum Gasteiger partial charge on any atom is -0.489 e. The molecule has 0 amide bonds. The summed E-state index contributed by atoms with van der Waals surface area (Å²) >= 11 is 0. The first-order valence-electron chi connectivity index (χ1n) is 9.09. The van der Waals surface area contributed by atoms with Crippen LogP contribution in [-0.2, 0) is 11.3 Å². The minimum atomic E-state index is 0.158. The molecule has 132 valence electrons. The second-order valence-corrected chi connectivity index (χ2v) is 6.73. The van der Waals surface area contributed by atoms with Crippen molar-refractivity contribution in [2.45, 2.75) is 26.0 Å². The number of fused-ring (bicyclic) bond motifs is 1. The van der Waals surface area contributed by atoms with Gasteiger partial charge in [0.2, 0.25) is 0 Å². The van der Waals surface area contributed by atoms with Crippen LogP contribution in [0.25, 0.3) is 6.08 Å². The first-order valence-corrected chi connectivity index (χ1v) is 9.09.